The Morgan fingerprint density at radius 3 is 2.71 bits per heavy atom. The van der Waals surface area contributed by atoms with E-state index in [1.165, 1.54) is 0 Å². The topological polar surface area (TPSA) is 49.3 Å². The molecule has 2 rings (SSSR count). The Morgan fingerprint density at radius 2 is 2.12 bits per heavy atom. The minimum Gasteiger partial charge on any atom is -0.388 e. The molecule has 0 radical (unpaired) electrons. The van der Waals surface area contributed by atoms with Gasteiger partial charge in [0.2, 0.25) is 0 Å². The molecule has 1 aromatic carbocycles. The van der Waals surface area contributed by atoms with E-state index in [4.69, 9.17) is 0 Å². The van der Waals surface area contributed by atoms with Crippen LogP contribution >= 0.6 is 0 Å². The molecule has 1 aromatic rings. The van der Waals surface area contributed by atoms with E-state index in [0.29, 0.717) is 12.1 Å². The van der Waals surface area contributed by atoms with Gasteiger partial charge in [-0.3, -0.25) is 4.79 Å². The summed E-state index contributed by atoms with van der Waals surface area (Å²) in [7, 11) is 0. The van der Waals surface area contributed by atoms with E-state index < -0.39 is 5.60 Å². The molecule has 0 aromatic heterocycles. The van der Waals surface area contributed by atoms with E-state index in [0.717, 1.165) is 30.4 Å². The summed E-state index contributed by atoms with van der Waals surface area (Å²) < 4.78 is 0. The summed E-state index contributed by atoms with van der Waals surface area (Å²) >= 11 is 0. The molecule has 1 aliphatic carbocycles. The fourth-order valence-electron chi connectivity index (χ4n) is 2.08. The Balaban J connectivity index is 2.01. The Kier molecular flexibility index (Phi) is 3.20. The average molecular weight is 233 g/mol. The van der Waals surface area contributed by atoms with E-state index in [1.807, 2.05) is 32.0 Å². The number of amides is 1. The van der Waals surface area contributed by atoms with Gasteiger partial charge in [0.05, 0.1) is 5.60 Å². The fraction of sp³-hybridized carbons (Fsp3) is 0.500. The highest BCUT2D eigenvalue weighted by atomic mass is 16.3. The third-order valence-electron chi connectivity index (χ3n) is 3.50. The van der Waals surface area contributed by atoms with Crippen molar-refractivity contribution in [2.24, 2.45) is 0 Å². The van der Waals surface area contributed by atoms with Gasteiger partial charge in [0.1, 0.15) is 0 Å². The number of benzene rings is 1. The molecular weight excluding hydrogens is 214 g/mol. The first-order chi connectivity index (χ1) is 8.00. The van der Waals surface area contributed by atoms with Crippen molar-refractivity contribution < 1.29 is 9.90 Å². The lowest BCUT2D eigenvalue weighted by Gasteiger charge is -2.36. The minimum atomic E-state index is -0.659. The van der Waals surface area contributed by atoms with Gasteiger partial charge < -0.3 is 10.4 Å². The van der Waals surface area contributed by atoms with Crippen LogP contribution in [0.15, 0.2) is 18.2 Å². The van der Waals surface area contributed by atoms with Crippen molar-refractivity contribution in [1.82, 2.24) is 5.32 Å². The van der Waals surface area contributed by atoms with Crippen LogP contribution in [-0.2, 0) is 0 Å². The highest BCUT2D eigenvalue weighted by molar-refractivity contribution is 5.95. The summed E-state index contributed by atoms with van der Waals surface area (Å²) in [6.45, 7) is 4.25. The largest absolute Gasteiger partial charge is 0.388 e. The number of rotatable bonds is 3. The Labute approximate surface area is 102 Å². The third-order valence-corrected chi connectivity index (χ3v) is 3.50. The van der Waals surface area contributed by atoms with Gasteiger partial charge in [0.15, 0.2) is 0 Å². The smallest absolute Gasteiger partial charge is 0.251 e. The standard InChI is InChI=1S/C14H19NO2/c1-10-4-5-11(2)12(8-10)13(16)15-9-14(17)6-3-7-14/h4-5,8,17H,3,6-7,9H2,1-2H3,(H,15,16). The second-order valence-corrected chi connectivity index (χ2v) is 5.08. The van der Waals surface area contributed by atoms with Crippen LogP contribution in [-0.4, -0.2) is 23.2 Å². The summed E-state index contributed by atoms with van der Waals surface area (Å²) in [6.07, 6.45) is 2.63. The maximum absolute atomic E-state index is 12.0. The van der Waals surface area contributed by atoms with Crippen LogP contribution in [0.25, 0.3) is 0 Å². The summed E-state index contributed by atoms with van der Waals surface area (Å²) in [5.41, 5.74) is 2.08. The van der Waals surface area contributed by atoms with Crippen molar-refractivity contribution in [3.8, 4) is 0 Å². The number of carbonyl (C=O) groups is 1. The molecule has 0 spiro atoms. The molecule has 0 saturated heterocycles. The zero-order valence-electron chi connectivity index (χ0n) is 10.4. The van der Waals surface area contributed by atoms with Crippen LogP contribution in [0.2, 0.25) is 0 Å². The Bertz CT molecular complexity index is 436. The van der Waals surface area contributed by atoms with Gasteiger partial charge in [0, 0.05) is 12.1 Å². The van der Waals surface area contributed by atoms with Crippen LogP contribution in [0.1, 0.15) is 40.7 Å². The Hall–Kier alpha value is -1.35. The summed E-state index contributed by atoms with van der Waals surface area (Å²) in [5.74, 6) is -0.0912. The molecule has 0 heterocycles. The zero-order chi connectivity index (χ0) is 12.5. The molecule has 1 aliphatic rings. The van der Waals surface area contributed by atoms with Crippen molar-refractivity contribution in [2.75, 3.05) is 6.54 Å². The summed E-state index contributed by atoms with van der Waals surface area (Å²) in [4.78, 5) is 12.0. The zero-order valence-corrected chi connectivity index (χ0v) is 10.4. The Morgan fingerprint density at radius 1 is 1.41 bits per heavy atom. The van der Waals surface area contributed by atoms with Gasteiger partial charge in [-0.25, -0.2) is 0 Å². The van der Waals surface area contributed by atoms with Crippen molar-refractivity contribution in [3.63, 3.8) is 0 Å². The second-order valence-electron chi connectivity index (χ2n) is 5.08. The lowest BCUT2D eigenvalue weighted by atomic mass is 9.80. The molecular formula is C14H19NO2. The van der Waals surface area contributed by atoms with E-state index in [1.54, 1.807) is 0 Å². The van der Waals surface area contributed by atoms with Crippen LogP contribution in [0.3, 0.4) is 0 Å². The third kappa shape index (κ3) is 2.67. The van der Waals surface area contributed by atoms with E-state index in [-0.39, 0.29) is 5.91 Å². The van der Waals surface area contributed by atoms with Crippen LogP contribution in [0.4, 0.5) is 0 Å². The lowest BCUT2D eigenvalue weighted by molar-refractivity contribution is -0.0300. The molecule has 92 valence electrons. The van der Waals surface area contributed by atoms with Gasteiger partial charge in [-0.2, -0.15) is 0 Å². The lowest BCUT2D eigenvalue weighted by Crippen LogP contribution is -2.47. The van der Waals surface area contributed by atoms with Gasteiger partial charge in [-0.1, -0.05) is 17.7 Å². The van der Waals surface area contributed by atoms with Crippen molar-refractivity contribution in [3.05, 3.63) is 34.9 Å². The van der Waals surface area contributed by atoms with Crippen LogP contribution in [0, 0.1) is 13.8 Å². The van der Waals surface area contributed by atoms with E-state index in [2.05, 4.69) is 5.32 Å². The van der Waals surface area contributed by atoms with Gasteiger partial charge in [-0.15, -0.1) is 0 Å². The highest BCUT2D eigenvalue weighted by Gasteiger charge is 2.34. The quantitative estimate of drug-likeness (QED) is 0.838. The molecule has 2 N–H and O–H groups in total. The minimum absolute atomic E-state index is 0.0912. The number of nitrogens with one attached hydrogen (secondary N) is 1. The van der Waals surface area contributed by atoms with Gasteiger partial charge >= 0.3 is 0 Å². The van der Waals surface area contributed by atoms with E-state index >= 15 is 0 Å². The van der Waals surface area contributed by atoms with Crippen molar-refractivity contribution >= 4 is 5.91 Å². The van der Waals surface area contributed by atoms with Crippen LogP contribution < -0.4 is 5.32 Å². The van der Waals surface area contributed by atoms with Gasteiger partial charge in [-0.05, 0) is 44.7 Å². The monoisotopic (exact) mass is 233 g/mol. The maximum atomic E-state index is 12.0. The normalized spacial score (nSPS) is 17.4. The first-order valence-corrected chi connectivity index (χ1v) is 6.08. The second kappa shape index (κ2) is 4.49. The molecule has 0 bridgehead atoms. The molecule has 0 aliphatic heterocycles. The van der Waals surface area contributed by atoms with Crippen molar-refractivity contribution in [1.29, 1.82) is 0 Å². The fourth-order valence-corrected chi connectivity index (χ4v) is 2.08. The molecule has 0 atom stereocenters. The highest BCUT2D eigenvalue weighted by Crippen LogP contribution is 2.30. The molecule has 3 heteroatoms. The predicted octanol–water partition coefficient (Wildman–Crippen LogP) is 1.95. The number of carbonyl (C=O) groups excluding carboxylic acids is 1. The van der Waals surface area contributed by atoms with Crippen molar-refractivity contribution in [2.45, 2.75) is 38.7 Å². The first kappa shape index (κ1) is 12.1. The number of hydrogen-bond donors (Lipinski definition) is 2. The molecule has 1 saturated carbocycles. The first-order valence-electron chi connectivity index (χ1n) is 6.08. The molecule has 1 amide bonds. The SMILES string of the molecule is Cc1ccc(C)c(C(=O)NCC2(O)CCC2)c1. The summed E-state index contributed by atoms with van der Waals surface area (Å²) in [5, 5.41) is 12.7. The maximum Gasteiger partial charge on any atom is 0.251 e. The molecule has 0 unspecified atom stereocenters. The van der Waals surface area contributed by atoms with Gasteiger partial charge in [0.25, 0.3) is 5.91 Å². The molecule has 17 heavy (non-hydrogen) atoms. The van der Waals surface area contributed by atoms with Crippen LogP contribution in [0.5, 0.6) is 0 Å². The number of aliphatic hydroxyl groups is 1. The molecule has 3 nitrogen and oxygen atoms in total. The summed E-state index contributed by atoms with van der Waals surface area (Å²) in [6, 6.07) is 5.82. The number of hydrogen-bond acceptors (Lipinski definition) is 2. The molecule has 1 fully saturated rings. The number of aryl methyl sites for hydroxylation is 2. The van der Waals surface area contributed by atoms with E-state index in [9.17, 15) is 9.90 Å². The average Bonchev–Trinajstić information content (AvgIpc) is 2.26. The predicted molar refractivity (Wildman–Crippen MR) is 67.1 cm³/mol.